The van der Waals surface area contributed by atoms with E-state index in [0.717, 1.165) is 37.1 Å². The van der Waals surface area contributed by atoms with E-state index in [1.807, 2.05) is 24.3 Å². The zero-order valence-corrected chi connectivity index (χ0v) is 11.2. The summed E-state index contributed by atoms with van der Waals surface area (Å²) in [5.41, 5.74) is 7.51. The molecule has 1 aromatic carbocycles. The van der Waals surface area contributed by atoms with Gasteiger partial charge in [0.15, 0.2) is 0 Å². The second-order valence-corrected chi connectivity index (χ2v) is 5.03. The number of ether oxygens (including phenoxy) is 1. The van der Waals surface area contributed by atoms with Gasteiger partial charge in [0.05, 0.1) is 6.10 Å². The third-order valence-electron chi connectivity index (χ3n) is 3.42. The van der Waals surface area contributed by atoms with Gasteiger partial charge in [-0.25, -0.2) is 0 Å². The summed E-state index contributed by atoms with van der Waals surface area (Å²) in [5.74, 6) is 0.0889. The lowest BCUT2D eigenvalue weighted by molar-refractivity contribution is -0.122. The predicted molar refractivity (Wildman–Crippen MR) is 75.8 cm³/mol. The maximum absolute atomic E-state index is 11.7. The standard InChI is InChI=1S/C15H22N2O2/c16-13-7-4-12(5-8-13)6-9-15(18)17-11-14-3-1-2-10-19-14/h4-5,7-8,14H,1-3,6,9-11,16H2,(H,17,18). The molecule has 0 bridgehead atoms. The molecule has 0 saturated carbocycles. The maximum atomic E-state index is 11.7. The Morgan fingerprint density at radius 1 is 1.32 bits per heavy atom. The molecule has 1 aliphatic rings. The number of rotatable bonds is 5. The second-order valence-electron chi connectivity index (χ2n) is 5.03. The minimum atomic E-state index is 0.0889. The summed E-state index contributed by atoms with van der Waals surface area (Å²) in [4.78, 5) is 11.7. The molecule has 1 fully saturated rings. The lowest BCUT2D eigenvalue weighted by atomic mass is 10.1. The second kappa shape index (κ2) is 7.14. The first kappa shape index (κ1) is 13.9. The van der Waals surface area contributed by atoms with Crippen LogP contribution in [0.3, 0.4) is 0 Å². The van der Waals surface area contributed by atoms with E-state index in [-0.39, 0.29) is 12.0 Å². The van der Waals surface area contributed by atoms with E-state index in [1.165, 1.54) is 6.42 Å². The molecule has 1 aromatic rings. The van der Waals surface area contributed by atoms with Crippen molar-refractivity contribution < 1.29 is 9.53 Å². The van der Waals surface area contributed by atoms with Gasteiger partial charge in [0.1, 0.15) is 0 Å². The zero-order valence-electron chi connectivity index (χ0n) is 11.2. The number of benzene rings is 1. The lowest BCUT2D eigenvalue weighted by Crippen LogP contribution is -2.35. The van der Waals surface area contributed by atoms with Crippen LogP contribution in [-0.4, -0.2) is 25.2 Å². The Morgan fingerprint density at radius 2 is 2.11 bits per heavy atom. The molecule has 104 valence electrons. The van der Waals surface area contributed by atoms with Crippen LogP contribution in [-0.2, 0) is 16.0 Å². The largest absolute Gasteiger partial charge is 0.399 e. The highest BCUT2D eigenvalue weighted by Crippen LogP contribution is 2.12. The fourth-order valence-electron chi connectivity index (χ4n) is 2.23. The van der Waals surface area contributed by atoms with E-state index in [2.05, 4.69) is 5.32 Å². The van der Waals surface area contributed by atoms with Crippen molar-refractivity contribution in [3.05, 3.63) is 29.8 Å². The summed E-state index contributed by atoms with van der Waals surface area (Å²) < 4.78 is 5.58. The van der Waals surface area contributed by atoms with Gasteiger partial charge in [-0.1, -0.05) is 12.1 Å². The van der Waals surface area contributed by atoms with E-state index in [1.54, 1.807) is 0 Å². The van der Waals surface area contributed by atoms with Gasteiger partial charge in [0.25, 0.3) is 0 Å². The van der Waals surface area contributed by atoms with Crippen molar-refractivity contribution >= 4 is 11.6 Å². The van der Waals surface area contributed by atoms with E-state index in [9.17, 15) is 4.79 Å². The van der Waals surface area contributed by atoms with Gasteiger partial charge in [-0.15, -0.1) is 0 Å². The van der Waals surface area contributed by atoms with E-state index < -0.39 is 0 Å². The number of anilines is 1. The van der Waals surface area contributed by atoms with Crippen molar-refractivity contribution in [3.8, 4) is 0 Å². The Kier molecular flexibility index (Phi) is 5.21. The average molecular weight is 262 g/mol. The highest BCUT2D eigenvalue weighted by atomic mass is 16.5. The smallest absolute Gasteiger partial charge is 0.220 e. The van der Waals surface area contributed by atoms with E-state index in [0.29, 0.717) is 13.0 Å². The average Bonchev–Trinajstić information content (AvgIpc) is 2.45. The molecule has 1 amide bonds. The molecule has 1 saturated heterocycles. The molecular weight excluding hydrogens is 240 g/mol. The molecule has 0 radical (unpaired) electrons. The predicted octanol–water partition coefficient (Wildman–Crippen LogP) is 1.89. The Bertz CT molecular complexity index is 397. The lowest BCUT2D eigenvalue weighted by Gasteiger charge is -2.22. The number of aryl methyl sites for hydroxylation is 1. The zero-order chi connectivity index (χ0) is 13.5. The van der Waals surface area contributed by atoms with Gasteiger partial charge in [0.2, 0.25) is 5.91 Å². The Morgan fingerprint density at radius 3 is 2.79 bits per heavy atom. The molecule has 0 aromatic heterocycles. The number of hydrogen-bond acceptors (Lipinski definition) is 3. The summed E-state index contributed by atoms with van der Waals surface area (Å²) in [6, 6.07) is 7.66. The van der Waals surface area contributed by atoms with Crippen LogP contribution in [0.5, 0.6) is 0 Å². The Hall–Kier alpha value is -1.55. The van der Waals surface area contributed by atoms with Crippen molar-refractivity contribution in [2.75, 3.05) is 18.9 Å². The van der Waals surface area contributed by atoms with Crippen LogP contribution >= 0.6 is 0 Å². The number of carbonyl (C=O) groups excluding carboxylic acids is 1. The number of nitrogens with one attached hydrogen (secondary N) is 1. The molecular formula is C15H22N2O2. The SMILES string of the molecule is Nc1ccc(CCC(=O)NCC2CCCCO2)cc1. The van der Waals surface area contributed by atoms with Crippen molar-refractivity contribution in [2.45, 2.75) is 38.2 Å². The van der Waals surface area contributed by atoms with Crippen LogP contribution in [0.25, 0.3) is 0 Å². The minimum Gasteiger partial charge on any atom is -0.399 e. The first-order valence-corrected chi connectivity index (χ1v) is 6.97. The first-order valence-electron chi connectivity index (χ1n) is 6.97. The molecule has 1 unspecified atom stereocenters. The molecule has 1 heterocycles. The third kappa shape index (κ3) is 4.91. The summed E-state index contributed by atoms with van der Waals surface area (Å²) in [6.45, 7) is 1.46. The molecule has 4 heteroatoms. The molecule has 4 nitrogen and oxygen atoms in total. The van der Waals surface area contributed by atoms with Crippen molar-refractivity contribution in [2.24, 2.45) is 0 Å². The van der Waals surface area contributed by atoms with Crippen molar-refractivity contribution in [3.63, 3.8) is 0 Å². The van der Waals surface area contributed by atoms with Crippen LogP contribution in [0.1, 0.15) is 31.2 Å². The number of carbonyl (C=O) groups is 1. The van der Waals surface area contributed by atoms with Crippen LogP contribution in [0, 0.1) is 0 Å². The van der Waals surface area contributed by atoms with E-state index in [4.69, 9.17) is 10.5 Å². The van der Waals surface area contributed by atoms with Gasteiger partial charge >= 0.3 is 0 Å². The van der Waals surface area contributed by atoms with Crippen molar-refractivity contribution in [1.82, 2.24) is 5.32 Å². The monoisotopic (exact) mass is 262 g/mol. The quantitative estimate of drug-likeness (QED) is 0.796. The molecule has 3 N–H and O–H groups in total. The first-order chi connectivity index (χ1) is 9.24. The summed E-state index contributed by atoms with van der Waals surface area (Å²) in [5, 5.41) is 2.95. The maximum Gasteiger partial charge on any atom is 0.220 e. The van der Waals surface area contributed by atoms with Gasteiger partial charge in [0, 0.05) is 25.3 Å². The summed E-state index contributed by atoms with van der Waals surface area (Å²) in [6.07, 6.45) is 4.86. The minimum absolute atomic E-state index is 0.0889. The molecule has 2 rings (SSSR count). The van der Waals surface area contributed by atoms with Gasteiger partial charge in [-0.3, -0.25) is 4.79 Å². The van der Waals surface area contributed by atoms with Gasteiger partial charge in [-0.05, 0) is 43.4 Å². The number of nitrogens with two attached hydrogens (primary N) is 1. The fourth-order valence-corrected chi connectivity index (χ4v) is 2.23. The Labute approximate surface area is 114 Å². The van der Waals surface area contributed by atoms with Crippen LogP contribution in [0.4, 0.5) is 5.69 Å². The molecule has 0 spiro atoms. The summed E-state index contributed by atoms with van der Waals surface area (Å²) >= 11 is 0. The number of nitrogen functional groups attached to an aromatic ring is 1. The fraction of sp³-hybridized carbons (Fsp3) is 0.533. The third-order valence-corrected chi connectivity index (χ3v) is 3.42. The molecule has 1 atom stereocenters. The normalized spacial score (nSPS) is 19.1. The van der Waals surface area contributed by atoms with Crippen LogP contribution in [0.2, 0.25) is 0 Å². The van der Waals surface area contributed by atoms with Crippen molar-refractivity contribution in [1.29, 1.82) is 0 Å². The molecule has 1 aliphatic heterocycles. The topological polar surface area (TPSA) is 64.4 Å². The van der Waals surface area contributed by atoms with Crippen LogP contribution < -0.4 is 11.1 Å². The summed E-state index contributed by atoms with van der Waals surface area (Å²) in [7, 11) is 0. The highest BCUT2D eigenvalue weighted by Gasteiger charge is 2.14. The van der Waals surface area contributed by atoms with E-state index >= 15 is 0 Å². The van der Waals surface area contributed by atoms with Crippen LogP contribution in [0.15, 0.2) is 24.3 Å². The van der Waals surface area contributed by atoms with Gasteiger partial charge in [-0.2, -0.15) is 0 Å². The Balaban J connectivity index is 1.65. The van der Waals surface area contributed by atoms with Gasteiger partial charge < -0.3 is 15.8 Å². The molecule has 19 heavy (non-hydrogen) atoms. The number of amides is 1. The number of hydrogen-bond donors (Lipinski definition) is 2. The highest BCUT2D eigenvalue weighted by molar-refractivity contribution is 5.76. The molecule has 0 aliphatic carbocycles.